The van der Waals surface area contributed by atoms with E-state index in [0.29, 0.717) is 11.0 Å². The molecule has 1 unspecified atom stereocenters. The van der Waals surface area contributed by atoms with E-state index >= 15 is 0 Å². The standard InChI is InChI=1S/C9H12BrN3O2/c1-6(11)5-12-9-3-2-7(13(14)15)4-8(9)10/h2-4,6,12H,5,11H2,1H3. The molecule has 0 aliphatic heterocycles. The summed E-state index contributed by atoms with van der Waals surface area (Å²) in [7, 11) is 0. The van der Waals surface area contributed by atoms with Crippen molar-refractivity contribution in [2.75, 3.05) is 11.9 Å². The molecule has 1 atom stereocenters. The number of non-ortho nitro benzene ring substituents is 1. The predicted octanol–water partition coefficient (Wildman–Crippen LogP) is 2.12. The number of halogens is 1. The van der Waals surface area contributed by atoms with Gasteiger partial charge in [0, 0.05) is 34.9 Å². The lowest BCUT2D eigenvalue weighted by Gasteiger charge is -2.10. The Morgan fingerprint density at radius 3 is 2.80 bits per heavy atom. The van der Waals surface area contributed by atoms with Crippen molar-refractivity contribution in [1.29, 1.82) is 0 Å². The van der Waals surface area contributed by atoms with Gasteiger partial charge in [-0.25, -0.2) is 0 Å². The second-order valence-corrected chi connectivity index (χ2v) is 4.13. The van der Waals surface area contributed by atoms with Gasteiger partial charge in [0.2, 0.25) is 0 Å². The van der Waals surface area contributed by atoms with Gasteiger partial charge >= 0.3 is 0 Å². The Labute approximate surface area is 95.9 Å². The molecular formula is C9H12BrN3O2. The number of hydrogen-bond acceptors (Lipinski definition) is 4. The van der Waals surface area contributed by atoms with Crippen LogP contribution >= 0.6 is 15.9 Å². The number of nitro benzene ring substituents is 1. The van der Waals surface area contributed by atoms with E-state index in [1.165, 1.54) is 12.1 Å². The molecule has 1 aromatic rings. The lowest BCUT2D eigenvalue weighted by molar-refractivity contribution is -0.384. The summed E-state index contributed by atoms with van der Waals surface area (Å²) in [6.45, 7) is 2.50. The zero-order valence-corrected chi connectivity index (χ0v) is 9.82. The fraction of sp³-hybridized carbons (Fsp3) is 0.333. The summed E-state index contributed by atoms with van der Waals surface area (Å²) in [5.41, 5.74) is 6.45. The molecule has 0 aliphatic rings. The Balaban J connectivity index is 2.79. The smallest absolute Gasteiger partial charge is 0.270 e. The van der Waals surface area contributed by atoms with Gasteiger partial charge in [-0.3, -0.25) is 10.1 Å². The van der Waals surface area contributed by atoms with Crippen LogP contribution in [0, 0.1) is 10.1 Å². The van der Waals surface area contributed by atoms with Crippen LogP contribution in [-0.4, -0.2) is 17.5 Å². The number of benzene rings is 1. The van der Waals surface area contributed by atoms with E-state index in [1.807, 2.05) is 6.92 Å². The predicted molar refractivity (Wildman–Crippen MR) is 62.9 cm³/mol. The van der Waals surface area contributed by atoms with Crippen molar-refractivity contribution in [1.82, 2.24) is 0 Å². The van der Waals surface area contributed by atoms with Gasteiger partial charge in [-0.05, 0) is 28.9 Å². The van der Waals surface area contributed by atoms with E-state index in [1.54, 1.807) is 6.07 Å². The summed E-state index contributed by atoms with van der Waals surface area (Å²) in [5, 5.41) is 13.6. The van der Waals surface area contributed by atoms with Crippen molar-refractivity contribution in [2.24, 2.45) is 5.73 Å². The van der Waals surface area contributed by atoms with Crippen molar-refractivity contribution in [2.45, 2.75) is 13.0 Å². The highest BCUT2D eigenvalue weighted by molar-refractivity contribution is 9.10. The maximum absolute atomic E-state index is 10.5. The van der Waals surface area contributed by atoms with Gasteiger partial charge in [-0.2, -0.15) is 0 Å². The van der Waals surface area contributed by atoms with Crippen LogP contribution in [0.15, 0.2) is 22.7 Å². The molecule has 0 radical (unpaired) electrons. The molecule has 0 fully saturated rings. The average Bonchev–Trinajstić information content (AvgIpc) is 2.15. The lowest BCUT2D eigenvalue weighted by Crippen LogP contribution is -2.25. The maximum Gasteiger partial charge on any atom is 0.270 e. The van der Waals surface area contributed by atoms with Gasteiger partial charge in [0.25, 0.3) is 5.69 Å². The van der Waals surface area contributed by atoms with E-state index in [-0.39, 0.29) is 11.7 Å². The fourth-order valence-corrected chi connectivity index (χ4v) is 1.54. The fourth-order valence-electron chi connectivity index (χ4n) is 1.03. The van der Waals surface area contributed by atoms with Crippen LogP contribution in [0.5, 0.6) is 0 Å². The van der Waals surface area contributed by atoms with Crippen molar-refractivity contribution in [3.05, 3.63) is 32.8 Å². The summed E-state index contributed by atoms with van der Waals surface area (Å²) in [6, 6.07) is 4.61. The zero-order chi connectivity index (χ0) is 11.4. The number of hydrogen-bond donors (Lipinski definition) is 2. The van der Waals surface area contributed by atoms with Crippen LogP contribution in [-0.2, 0) is 0 Å². The minimum Gasteiger partial charge on any atom is -0.383 e. The van der Waals surface area contributed by atoms with E-state index < -0.39 is 4.92 Å². The topological polar surface area (TPSA) is 81.2 Å². The number of anilines is 1. The minimum atomic E-state index is -0.430. The quantitative estimate of drug-likeness (QED) is 0.650. The van der Waals surface area contributed by atoms with E-state index in [4.69, 9.17) is 5.73 Å². The molecule has 0 aliphatic carbocycles. The summed E-state index contributed by atoms with van der Waals surface area (Å²) >= 11 is 3.26. The highest BCUT2D eigenvalue weighted by atomic mass is 79.9. The van der Waals surface area contributed by atoms with Gasteiger partial charge in [-0.15, -0.1) is 0 Å². The monoisotopic (exact) mass is 273 g/mol. The lowest BCUT2D eigenvalue weighted by atomic mass is 10.2. The first-order chi connectivity index (χ1) is 7.00. The molecule has 15 heavy (non-hydrogen) atoms. The molecule has 0 amide bonds. The van der Waals surface area contributed by atoms with Crippen molar-refractivity contribution in [3.8, 4) is 0 Å². The molecule has 0 saturated carbocycles. The molecule has 0 spiro atoms. The Morgan fingerprint density at radius 2 is 2.33 bits per heavy atom. The average molecular weight is 274 g/mol. The molecule has 0 heterocycles. The summed E-state index contributed by atoms with van der Waals surface area (Å²) < 4.78 is 0.664. The number of nitrogens with zero attached hydrogens (tertiary/aromatic N) is 1. The summed E-state index contributed by atoms with van der Waals surface area (Å²) in [6.07, 6.45) is 0. The third-order valence-electron chi connectivity index (χ3n) is 1.78. The number of nitrogens with two attached hydrogens (primary N) is 1. The number of nitrogens with one attached hydrogen (secondary N) is 1. The van der Waals surface area contributed by atoms with E-state index in [0.717, 1.165) is 5.69 Å². The van der Waals surface area contributed by atoms with Gasteiger partial charge in [0.05, 0.1) is 4.92 Å². The summed E-state index contributed by atoms with van der Waals surface area (Å²) in [5.74, 6) is 0. The third-order valence-corrected chi connectivity index (χ3v) is 2.43. The molecule has 1 aromatic carbocycles. The Morgan fingerprint density at radius 1 is 1.67 bits per heavy atom. The molecule has 0 aromatic heterocycles. The van der Waals surface area contributed by atoms with Crippen LogP contribution < -0.4 is 11.1 Å². The van der Waals surface area contributed by atoms with Gasteiger partial charge in [-0.1, -0.05) is 0 Å². The number of nitro groups is 1. The SMILES string of the molecule is CC(N)CNc1ccc([N+](=O)[O-])cc1Br. The third kappa shape index (κ3) is 3.49. The second kappa shape index (κ2) is 5.09. The van der Waals surface area contributed by atoms with Crippen molar-refractivity contribution >= 4 is 27.3 Å². The van der Waals surface area contributed by atoms with Crippen molar-refractivity contribution < 1.29 is 4.92 Å². The van der Waals surface area contributed by atoms with Crippen LogP contribution in [0.25, 0.3) is 0 Å². The maximum atomic E-state index is 10.5. The molecule has 82 valence electrons. The first-order valence-corrected chi connectivity index (χ1v) is 5.23. The Hall–Kier alpha value is -1.14. The van der Waals surface area contributed by atoms with Gasteiger partial charge in [0.1, 0.15) is 0 Å². The van der Waals surface area contributed by atoms with Crippen LogP contribution in [0.3, 0.4) is 0 Å². The molecule has 3 N–H and O–H groups in total. The molecule has 6 heteroatoms. The first kappa shape index (κ1) is 11.9. The van der Waals surface area contributed by atoms with Crippen LogP contribution in [0.1, 0.15) is 6.92 Å². The van der Waals surface area contributed by atoms with Gasteiger partial charge < -0.3 is 11.1 Å². The minimum absolute atomic E-state index is 0.0343. The molecule has 1 rings (SSSR count). The Bertz CT molecular complexity index is 368. The second-order valence-electron chi connectivity index (χ2n) is 3.28. The Kier molecular flexibility index (Phi) is 4.05. The van der Waals surface area contributed by atoms with Crippen molar-refractivity contribution in [3.63, 3.8) is 0 Å². The van der Waals surface area contributed by atoms with E-state index in [2.05, 4.69) is 21.2 Å². The summed E-state index contributed by atoms with van der Waals surface area (Å²) in [4.78, 5) is 10.0. The molecular weight excluding hydrogens is 262 g/mol. The van der Waals surface area contributed by atoms with Crippen LogP contribution in [0.4, 0.5) is 11.4 Å². The molecule has 0 bridgehead atoms. The highest BCUT2D eigenvalue weighted by Gasteiger charge is 2.08. The molecule has 0 saturated heterocycles. The largest absolute Gasteiger partial charge is 0.383 e. The normalized spacial score (nSPS) is 12.2. The van der Waals surface area contributed by atoms with E-state index in [9.17, 15) is 10.1 Å². The highest BCUT2D eigenvalue weighted by Crippen LogP contribution is 2.26. The molecule has 5 nitrogen and oxygen atoms in total. The van der Waals surface area contributed by atoms with Gasteiger partial charge in [0.15, 0.2) is 0 Å². The number of rotatable bonds is 4. The van der Waals surface area contributed by atoms with Crippen LogP contribution in [0.2, 0.25) is 0 Å². The first-order valence-electron chi connectivity index (χ1n) is 4.44. The zero-order valence-electron chi connectivity index (χ0n) is 8.24.